The Morgan fingerprint density at radius 2 is 1.75 bits per heavy atom. The lowest BCUT2D eigenvalue weighted by atomic mass is 10.2. The van der Waals surface area contributed by atoms with Crippen LogP contribution in [-0.4, -0.2) is 13.4 Å². The molecule has 24 heavy (non-hydrogen) atoms. The van der Waals surface area contributed by atoms with Crippen LogP contribution in [0, 0.1) is 17.5 Å². The van der Waals surface area contributed by atoms with Crippen molar-refractivity contribution in [2.75, 3.05) is 0 Å². The molecule has 0 fully saturated rings. The first kappa shape index (κ1) is 16.5. The normalized spacial score (nSPS) is 11.7. The van der Waals surface area contributed by atoms with Gasteiger partial charge in [-0.15, -0.1) is 0 Å². The van der Waals surface area contributed by atoms with Gasteiger partial charge in [-0.3, -0.25) is 4.98 Å². The Labute approximate surface area is 139 Å². The summed E-state index contributed by atoms with van der Waals surface area (Å²) in [6.45, 7) is 0. The molecule has 0 atom stereocenters. The van der Waals surface area contributed by atoms with Gasteiger partial charge in [0.05, 0.1) is 5.02 Å². The number of nitrogens with zero attached hydrogens (tertiary/aromatic N) is 1. The quantitative estimate of drug-likeness (QED) is 0.513. The topological polar surface area (TPSA) is 56.3 Å². The van der Waals surface area contributed by atoms with Gasteiger partial charge in [0.2, 0.25) is 0 Å². The zero-order valence-corrected chi connectivity index (χ0v) is 13.2. The van der Waals surface area contributed by atoms with E-state index in [1.165, 1.54) is 18.3 Å². The molecule has 0 saturated heterocycles. The number of aromatic nitrogens is 1. The maximum absolute atomic E-state index is 13.7. The molecule has 0 bridgehead atoms. The summed E-state index contributed by atoms with van der Waals surface area (Å²) in [4.78, 5) is 2.85. The molecule has 3 aromatic rings. The first-order chi connectivity index (χ1) is 11.3. The lowest BCUT2D eigenvalue weighted by Crippen LogP contribution is -2.13. The van der Waals surface area contributed by atoms with E-state index in [0.29, 0.717) is 22.5 Å². The molecule has 1 heterocycles. The molecule has 1 aromatic heterocycles. The van der Waals surface area contributed by atoms with E-state index in [1.54, 1.807) is 12.1 Å². The molecule has 3 rings (SSSR count). The summed E-state index contributed by atoms with van der Waals surface area (Å²) in [5.41, 5.74) is 0.122. The molecule has 0 N–H and O–H groups in total. The highest BCUT2D eigenvalue weighted by molar-refractivity contribution is 7.87. The highest BCUT2D eigenvalue weighted by atomic mass is 35.5. The Morgan fingerprint density at radius 1 is 1.00 bits per heavy atom. The van der Waals surface area contributed by atoms with E-state index in [2.05, 4.69) is 4.98 Å². The first-order valence-corrected chi connectivity index (χ1v) is 8.21. The standard InChI is InChI=1S/C15H7ClF3NO3S/c16-9-3-5-11(15-8(9)2-1-7-20-15)23-24(21,22)12-6-4-10(17)13(18)14(12)19/h1-7H. The molecular weight excluding hydrogens is 367 g/mol. The van der Waals surface area contributed by atoms with Crippen LogP contribution in [0.1, 0.15) is 0 Å². The van der Waals surface area contributed by atoms with Crippen molar-refractivity contribution in [3.05, 3.63) is 65.1 Å². The fourth-order valence-corrected chi connectivity index (χ4v) is 3.26. The zero-order chi connectivity index (χ0) is 17.5. The molecule has 4 nitrogen and oxygen atoms in total. The zero-order valence-electron chi connectivity index (χ0n) is 11.6. The third-order valence-electron chi connectivity index (χ3n) is 3.15. The van der Waals surface area contributed by atoms with Crippen molar-refractivity contribution in [1.29, 1.82) is 0 Å². The number of benzene rings is 2. The SMILES string of the molecule is O=S(=O)(Oc1ccc(Cl)c2cccnc12)c1ccc(F)c(F)c1F. The summed E-state index contributed by atoms with van der Waals surface area (Å²) < 4.78 is 69.2. The number of hydrogen-bond donors (Lipinski definition) is 0. The minimum atomic E-state index is -4.75. The average molecular weight is 374 g/mol. The smallest absolute Gasteiger partial charge is 0.342 e. The van der Waals surface area contributed by atoms with Crippen molar-refractivity contribution in [3.63, 3.8) is 0 Å². The van der Waals surface area contributed by atoms with E-state index >= 15 is 0 Å². The number of halogens is 4. The molecule has 0 spiro atoms. The van der Waals surface area contributed by atoms with Crippen LogP contribution < -0.4 is 4.18 Å². The van der Waals surface area contributed by atoms with Crippen molar-refractivity contribution in [2.45, 2.75) is 4.90 Å². The molecule has 0 amide bonds. The minimum absolute atomic E-state index is 0.122. The molecule has 0 radical (unpaired) electrons. The van der Waals surface area contributed by atoms with Gasteiger partial charge in [0.15, 0.2) is 23.2 Å². The van der Waals surface area contributed by atoms with Crippen molar-refractivity contribution in [2.24, 2.45) is 0 Å². The largest absolute Gasteiger partial charge is 0.377 e. The van der Waals surface area contributed by atoms with E-state index in [-0.39, 0.29) is 11.3 Å². The van der Waals surface area contributed by atoms with Crippen LogP contribution in [0.5, 0.6) is 5.75 Å². The van der Waals surface area contributed by atoms with Gasteiger partial charge in [0, 0.05) is 11.6 Å². The molecule has 0 aliphatic heterocycles. The van der Waals surface area contributed by atoms with Gasteiger partial charge >= 0.3 is 10.1 Å². The molecule has 9 heteroatoms. The second-order valence-corrected chi connectivity index (χ2v) is 6.58. The molecule has 0 aliphatic carbocycles. The molecule has 2 aromatic carbocycles. The van der Waals surface area contributed by atoms with Crippen molar-refractivity contribution < 1.29 is 25.8 Å². The summed E-state index contributed by atoms with van der Waals surface area (Å²) in [5.74, 6) is -5.50. The predicted octanol–water partition coefficient (Wildman–Crippen LogP) is 4.07. The number of rotatable bonds is 3. The molecule has 0 aliphatic rings. The maximum Gasteiger partial charge on any atom is 0.342 e. The third-order valence-corrected chi connectivity index (χ3v) is 4.73. The summed E-state index contributed by atoms with van der Waals surface area (Å²) >= 11 is 5.98. The van der Waals surface area contributed by atoms with E-state index in [1.807, 2.05) is 0 Å². The minimum Gasteiger partial charge on any atom is -0.377 e. The third kappa shape index (κ3) is 2.78. The van der Waals surface area contributed by atoms with Gasteiger partial charge in [-0.25, -0.2) is 13.2 Å². The lowest BCUT2D eigenvalue weighted by molar-refractivity contribution is 0.424. The predicted molar refractivity (Wildman–Crippen MR) is 80.9 cm³/mol. The van der Waals surface area contributed by atoms with E-state index < -0.39 is 32.5 Å². The second-order valence-electron chi connectivity index (χ2n) is 4.66. The second kappa shape index (κ2) is 5.95. The Kier molecular flexibility index (Phi) is 4.10. The van der Waals surface area contributed by atoms with Gasteiger partial charge in [0.1, 0.15) is 10.4 Å². The molecule has 0 saturated carbocycles. The van der Waals surface area contributed by atoms with Gasteiger partial charge < -0.3 is 4.18 Å². The van der Waals surface area contributed by atoms with E-state index in [9.17, 15) is 21.6 Å². The first-order valence-electron chi connectivity index (χ1n) is 6.42. The van der Waals surface area contributed by atoms with Gasteiger partial charge in [0.25, 0.3) is 0 Å². The highest BCUT2D eigenvalue weighted by Crippen LogP contribution is 2.32. The fraction of sp³-hybridized carbons (Fsp3) is 0. The van der Waals surface area contributed by atoms with E-state index in [4.69, 9.17) is 15.8 Å². The number of fused-ring (bicyclic) bond motifs is 1. The summed E-state index contributed by atoms with van der Waals surface area (Å²) in [6.07, 6.45) is 1.39. The van der Waals surface area contributed by atoms with E-state index in [0.717, 1.165) is 0 Å². The Hall–Kier alpha value is -2.32. The van der Waals surface area contributed by atoms with Crippen LogP contribution in [0.2, 0.25) is 5.02 Å². The van der Waals surface area contributed by atoms with Crippen molar-refractivity contribution in [3.8, 4) is 5.75 Å². The number of hydrogen-bond acceptors (Lipinski definition) is 4. The molecule has 0 unspecified atom stereocenters. The molecule has 124 valence electrons. The highest BCUT2D eigenvalue weighted by Gasteiger charge is 2.26. The van der Waals surface area contributed by atoms with Crippen LogP contribution >= 0.6 is 11.6 Å². The Balaban J connectivity index is 2.12. The van der Waals surface area contributed by atoms with Crippen molar-refractivity contribution >= 4 is 32.6 Å². The van der Waals surface area contributed by atoms with Crippen LogP contribution in [0.15, 0.2) is 47.5 Å². The maximum atomic E-state index is 13.7. The summed E-state index contributed by atoms with van der Waals surface area (Å²) in [7, 11) is -4.75. The Bertz CT molecular complexity index is 1060. The number of pyridine rings is 1. The van der Waals surface area contributed by atoms with Crippen LogP contribution in [0.25, 0.3) is 10.9 Å². The fourth-order valence-electron chi connectivity index (χ4n) is 2.04. The van der Waals surface area contributed by atoms with Crippen LogP contribution in [0.3, 0.4) is 0 Å². The average Bonchev–Trinajstić information content (AvgIpc) is 2.55. The van der Waals surface area contributed by atoms with Crippen LogP contribution in [0.4, 0.5) is 13.2 Å². The summed E-state index contributed by atoms with van der Waals surface area (Å²) in [5, 5.41) is 0.722. The monoisotopic (exact) mass is 373 g/mol. The lowest BCUT2D eigenvalue weighted by Gasteiger charge is -2.10. The van der Waals surface area contributed by atoms with Crippen LogP contribution in [-0.2, 0) is 10.1 Å². The summed E-state index contributed by atoms with van der Waals surface area (Å²) in [6, 6.07) is 6.84. The molecular formula is C15H7ClF3NO3S. The van der Waals surface area contributed by atoms with Gasteiger partial charge in [-0.1, -0.05) is 11.6 Å². The van der Waals surface area contributed by atoms with Crippen molar-refractivity contribution in [1.82, 2.24) is 4.98 Å². The van der Waals surface area contributed by atoms with Gasteiger partial charge in [-0.05, 0) is 36.4 Å². The Morgan fingerprint density at radius 3 is 2.50 bits per heavy atom. The van der Waals surface area contributed by atoms with Gasteiger partial charge in [-0.2, -0.15) is 8.42 Å².